The third-order valence-electron chi connectivity index (χ3n) is 3.56. The zero-order chi connectivity index (χ0) is 15.2. The predicted octanol–water partition coefficient (Wildman–Crippen LogP) is 1.83. The molecule has 2 rings (SSSR count). The van der Waals surface area contributed by atoms with Crippen LogP contribution in [0.5, 0.6) is 5.75 Å². The lowest BCUT2D eigenvalue weighted by Gasteiger charge is -2.24. The highest BCUT2D eigenvalue weighted by Crippen LogP contribution is 2.22. The molecular weight excluding hydrogens is 268 g/mol. The van der Waals surface area contributed by atoms with Gasteiger partial charge < -0.3 is 15.0 Å². The van der Waals surface area contributed by atoms with Crippen LogP contribution in [-0.4, -0.2) is 42.5 Å². The lowest BCUT2D eigenvalue weighted by Crippen LogP contribution is -2.45. The first-order valence-corrected chi connectivity index (χ1v) is 7.49. The second-order valence-corrected chi connectivity index (χ2v) is 5.01. The maximum absolute atomic E-state index is 12.6. The number of carbonyl (C=O) groups is 2. The number of carbonyl (C=O) groups excluding carboxylic acids is 2. The van der Waals surface area contributed by atoms with Gasteiger partial charge in [-0.15, -0.1) is 0 Å². The van der Waals surface area contributed by atoms with Crippen LogP contribution in [0.3, 0.4) is 0 Å². The molecule has 0 saturated carbocycles. The zero-order valence-electron chi connectivity index (χ0n) is 12.6. The molecule has 5 nitrogen and oxygen atoms in total. The summed E-state index contributed by atoms with van der Waals surface area (Å²) in [6, 6.07) is 6.77. The molecule has 1 heterocycles. The predicted molar refractivity (Wildman–Crippen MR) is 80.4 cm³/mol. The van der Waals surface area contributed by atoms with Gasteiger partial charge in [0.05, 0.1) is 6.61 Å². The lowest BCUT2D eigenvalue weighted by atomic mass is 10.1. The summed E-state index contributed by atoms with van der Waals surface area (Å²) in [6.45, 7) is 5.55. The summed E-state index contributed by atoms with van der Waals surface area (Å²) in [5.74, 6) is 0.506. The van der Waals surface area contributed by atoms with Crippen molar-refractivity contribution >= 4 is 11.8 Å². The van der Waals surface area contributed by atoms with E-state index < -0.39 is 0 Å². The van der Waals surface area contributed by atoms with E-state index in [0.717, 1.165) is 12.8 Å². The molecule has 0 aromatic heterocycles. The van der Waals surface area contributed by atoms with Gasteiger partial charge in [-0.25, -0.2) is 0 Å². The molecule has 5 heteroatoms. The van der Waals surface area contributed by atoms with E-state index in [2.05, 4.69) is 5.32 Å². The number of amides is 2. The van der Waals surface area contributed by atoms with Crippen molar-refractivity contribution in [1.82, 2.24) is 10.2 Å². The summed E-state index contributed by atoms with van der Waals surface area (Å²) >= 11 is 0. The van der Waals surface area contributed by atoms with Crippen molar-refractivity contribution in [3.8, 4) is 5.75 Å². The number of hydrogen-bond acceptors (Lipinski definition) is 3. The summed E-state index contributed by atoms with van der Waals surface area (Å²) < 4.78 is 5.42. The number of benzene rings is 1. The molecule has 114 valence electrons. The smallest absolute Gasteiger partial charge is 0.254 e. The van der Waals surface area contributed by atoms with E-state index in [4.69, 9.17) is 4.74 Å². The van der Waals surface area contributed by atoms with Crippen LogP contribution in [0.2, 0.25) is 0 Å². The number of ether oxygens (including phenoxy) is 1. The van der Waals surface area contributed by atoms with Gasteiger partial charge in [-0.05, 0) is 44.9 Å². The molecule has 0 bridgehead atoms. The van der Waals surface area contributed by atoms with E-state index in [0.29, 0.717) is 31.0 Å². The second kappa shape index (κ2) is 7.11. The summed E-state index contributed by atoms with van der Waals surface area (Å²) in [6.07, 6.45) is 1.58. The monoisotopic (exact) mass is 290 g/mol. The molecule has 1 aromatic rings. The molecule has 0 spiro atoms. The minimum Gasteiger partial charge on any atom is -0.494 e. The Labute approximate surface area is 125 Å². The van der Waals surface area contributed by atoms with Gasteiger partial charge in [0, 0.05) is 18.7 Å². The van der Waals surface area contributed by atoms with Crippen LogP contribution in [0, 0.1) is 0 Å². The molecule has 1 aromatic carbocycles. The van der Waals surface area contributed by atoms with Gasteiger partial charge in [0.2, 0.25) is 5.91 Å². The largest absolute Gasteiger partial charge is 0.494 e. The number of rotatable bonds is 5. The molecule has 1 aliphatic heterocycles. The molecule has 1 atom stereocenters. The first-order valence-electron chi connectivity index (χ1n) is 7.49. The highest BCUT2D eigenvalue weighted by Gasteiger charge is 2.34. The molecular formula is C16H22N2O3. The summed E-state index contributed by atoms with van der Waals surface area (Å²) in [7, 11) is 0. The molecule has 0 aliphatic carbocycles. The molecule has 1 aliphatic rings. The Morgan fingerprint density at radius 1 is 1.38 bits per heavy atom. The number of likely N-dealkylation sites (N-methyl/N-ethyl adjacent to an activating group) is 1. The van der Waals surface area contributed by atoms with E-state index in [9.17, 15) is 9.59 Å². The third kappa shape index (κ3) is 3.54. The minimum absolute atomic E-state index is 0.0655. The minimum atomic E-state index is -0.354. The molecule has 2 amide bonds. The summed E-state index contributed by atoms with van der Waals surface area (Å²) in [4.78, 5) is 26.3. The lowest BCUT2D eigenvalue weighted by molar-refractivity contribution is -0.124. The fourth-order valence-electron chi connectivity index (χ4n) is 2.63. The number of nitrogens with zero attached hydrogens (tertiary/aromatic N) is 1. The van der Waals surface area contributed by atoms with Crippen molar-refractivity contribution in [2.45, 2.75) is 32.7 Å². The van der Waals surface area contributed by atoms with Crippen LogP contribution >= 0.6 is 0 Å². The van der Waals surface area contributed by atoms with Crippen LogP contribution in [0.15, 0.2) is 24.3 Å². The molecule has 1 unspecified atom stereocenters. The van der Waals surface area contributed by atoms with Crippen LogP contribution in [-0.2, 0) is 4.79 Å². The van der Waals surface area contributed by atoms with Crippen molar-refractivity contribution in [2.75, 3.05) is 19.7 Å². The summed E-state index contributed by atoms with van der Waals surface area (Å²) in [5.41, 5.74) is 0.567. The SMILES string of the molecule is CCNC(=O)C1CCCN1C(=O)c1cccc(OCC)c1. The van der Waals surface area contributed by atoms with Gasteiger partial charge in [0.25, 0.3) is 5.91 Å². The Bertz CT molecular complexity index is 516. The van der Waals surface area contributed by atoms with Crippen LogP contribution in [0.25, 0.3) is 0 Å². The Balaban J connectivity index is 2.14. The van der Waals surface area contributed by atoms with Crippen molar-refractivity contribution in [3.05, 3.63) is 29.8 Å². The molecule has 1 N–H and O–H groups in total. The number of likely N-dealkylation sites (tertiary alicyclic amines) is 1. The van der Waals surface area contributed by atoms with Gasteiger partial charge in [-0.3, -0.25) is 9.59 Å². The van der Waals surface area contributed by atoms with Crippen LogP contribution < -0.4 is 10.1 Å². The molecule has 0 radical (unpaired) electrons. The van der Waals surface area contributed by atoms with Crippen molar-refractivity contribution in [2.24, 2.45) is 0 Å². The van der Waals surface area contributed by atoms with Gasteiger partial charge in [0.1, 0.15) is 11.8 Å². The van der Waals surface area contributed by atoms with Gasteiger partial charge in [-0.2, -0.15) is 0 Å². The first kappa shape index (κ1) is 15.4. The van der Waals surface area contributed by atoms with Crippen LogP contribution in [0.4, 0.5) is 0 Å². The average molecular weight is 290 g/mol. The number of nitrogens with one attached hydrogen (secondary N) is 1. The van der Waals surface area contributed by atoms with Crippen molar-refractivity contribution < 1.29 is 14.3 Å². The highest BCUT2D eigenvalue weighted by molar-refractivity contribution is 5.98. The second-order valence-electron chi connectivity index (χ2n) is 5.01. The maximum Gasteiger partial charge on any atom is 0.254 e. The fourth-order valence-corrected chi connectivity index (χ4v) is 2.63. The topological polar surface area (TPSA) is 58.6 Å². The van der Waals surface area contributed by atoms with E-state index in [1.54, 1.807) is 23.1 Å². The Morgan fingerprint density at radius 2 is 2.19 bits per heavy atom. The van der Waals surface area contributed by atoms with E-state index in [1.165, 1.54) is 0 Å². The van der Waals surface area contributed by atoms with Crippen molar-refractivity contribution in [3.63, 3.8) is 0 Å². The van der Waals surface area contributed by atoms with Gasteiger partial charge >= 0.3 is 0 Å². The Morgan fingerprint density at radius 3 is 2.90 bits per heavy atom. The van der Waals surface area contributed by atoms with Crippen molar-refractivity contribution in [1.29, 1.82) is 0 Å². The summed E-state index contributed by atoms with van der Waals surface area (Å²) in [5, 5.41) is 2.80. The Hall–Kier alpha value is -2.04. The molecule has 1 saturated heterocycles. The molecule has 21 heavy (non-hydrogen) atoms. The Kier molecular flexibility index (Phi) is 5.20. The molecule has 1 fully saturated rings. The van der Waals surface area contributed by atoms with Gasteiger partial charge in [-0.1, -0.05) is 6.07 Å². The fraction of sp³-hybridized carbons (Fsp3) is 0.500. The first-order chi connectivity index (χ1) is 10.2. The zero-order valence-corrected chi connectivity index (χ0v) is 12.6. The van der Waals surface area contributed by atoms with Gasteiger partial charge in [0.15, 0.2) is 0 Å². The highest BCUT2D eigenvalue weighted by atomic mass is 16.5. The maximum atomic E-state index is 12.6. The number of hydrogen-bond donors (Lipinski definition) is 1. The standard InChI is InChI=1S/C16H22N2O3/c1-3-17-15(19)14-9-6-10-18(14)16(20)12-7-5-8-13(11-12)21-4-2/h5,7-8,11,14H,3-4,6,9-10H2,1-2H3,(H,17,19). The van der Waals surface area contributed by atoms with E-state index in [-0.39, 0.29) is 17.9 Å². The third-order valence-corrected chi connectivity index (χ3v) is 3.56. The normalized spacial score (nSPS) is 17.6. The quantitative estimate of drug-likeness (QED) is 0.900. The van der Waals surface area contributed by atoms with Crippen LogP contribution in [0.1, 0.15) is 37.0 Å². The van der Waals surface area contributed by atoms with E-state index >= 15 is 0 Å². The average Bonchev–Trinajstić information content (AvgIpc) is 2.97. The van der Waals surface area contributed by atoms with E-state index in [1.807, 2.05) is 19.9 Å².